The number of nitrogens with one attached hydrogen (secondary N) is 2. The van der Waals surface area contributed by atoms with Crippen molar-refractivity contribution in [3.8, 4) is 0 Å². The molecule has 2 aromatic heterocycles. The third-order valence-electron chi connectivity index (χ3n) is 3.21. The highest BCUT2D eigenvalue weighted by Gasteiger charge is 2.09. The van der Waals surface area contributed by atoms with Gasteiger partial charge in [0.15, 0.2) is 0 Å². The van der Waals surface area contributed by atoms with Crippen molar-refractivity contribution in [1.82, 2.24) is 9.97 Å². The number of aromatic nitrogens is 2. The Bertz CT molecular complexity index is 778. The van der Waals surface area contributed by atoms with Gasteiger partial charge >= 0.3 is 0 Å². The summed E-state index contributed by atoms with van der Waals surface area (Å²) in [5.41, 5.74) is 1.99. The van der Waals surface area contributed by atoms with E-state index in [1.54, 1.807) is 31.7 Å². The maximum Gasteiger partial charge on any atom is 0.274 e. The van der Waals surface area contributed by atoms with Crippen LogP contribution in [0.2, 0.25) is 0 Å². The zero-order chi connectivity index (χ0) is 14.7. The third-order valence-corrected chi connectivity index (χ3v) is 3.21. The molecular weight excluding hydrogens is 264 g/mol. The molecule has 21 heavy (non-hydrogen) atoms. The second-order valence-electron chi connectivity index (χ2n) is 4.54. The smallest absolute Gasteiger partial charge is 0.274 e. The fraction of sp³-hybridized carbons (Fsp3) is 0.0625. The van der Waals surface area contributed by atoms with E-state index in [9.17, 15) is 4.79 Å². The number of benzene rings is 1. The summed E-state index contributed by atoms with van der Waals surface area (Å²) in [6.45, 7) is 0. The van der Waals surface area contributed by atoms with E-state index in [0.29, 0.717) is 5.69 Å². The molecule has 0 atom stereocenters. The van der Waals surface area contributed by atoms with Crippen LogP contribution in [0, 0.1) is 0 Å². The number of carbonyl (C=O) groups excluding carboxylic acids is 1. The van der Waals surface area contributed by atoms with Gasteiger partial charge in [-0.1, -0.05) is 12.1 Å². The molecule has 0 radical (unpaired) electrons. The molecule has 2 N–H and O–H groups in total. The maximum atomic E-state index is 12.2. The summed E-state index contributed by atoms with van der Waals surface area (Å²) in [4.78, 5) is 20.5. The molecule has 5 nitrogen and oxygen atoms in total. The van der Waals surface area contributed by atoms with E-state index < -0.39 is 0 Å². The van der Waals surface area contributed by atoms with Crippen LogP contribution >= 0.6 is 0 Å². The number of carbonyl (C=O) groups is 1. The minimum atomic E-state index is -0.234. The van der Waals surface area contributed by atoms with Crippen molar-refractivity contribution in [3.05, 3.63) is 60.7 Å². The first-order valence-corrected chi connectivity index (χ1v) is 6.56. The van der Waals surface area contributed by atoms with Gasteiger partial charge in [0.2, 0.25) is 0 Å². The highest BCUT2D eigenvalue weighted by atomic mass is 16.1. The van der Waals surface area contributed by atoms with E-state index in [1.807, 2.05) is 30.3 Å². The van der Waals surface area contributed by atoms with Gasteiger partial charge in [0, 0.05) is 35.9 Å². The highest BCUT2D eigenvalue weighted by Crippen LogP contribution is 2.22. The van der Waals surface area contributed by atoms with Crippen LogP contribution in [0.4, 0.5) is 11.4 Å². The molecule has 1 aromatic carbocycles. The summed E-state index contributed by atoms with van der Waals surface area (Å²) < 4.78 is 0. The van der Waals surface area contributed by atoms with Crippen LogP contribution in [-0.2, 0) is 0 Å². The molecule has 104 valence electrons. The molecule has 0 saturated carbocycles. The first kappa shape index (κ1) is 13.1. The van der Waals surface area contributed by atoms with Gasteiger partial charge < -0.3 is 10.6 Å². The number of anilines is 2. The Morgan fingerprint density at radius 2 is 2.00 bits per heavy atom. The Kier molecular flexibility index (Phi) is 3.47. The molecule has 5 heteroatoms. The van der Waals surface area contributed by atoms with Gasteiger partial charge in [-0.05, 0) is 24.3 Å². The lowest BCUT2D eigenvalue weighted by atomic mass is 10.1. The number of amides is 1. The lowest BCUT2D eigenvalue weighted by molar-refractivity contribution is 0.102. The van der Waals surface area contributed by atoms with Crippen LogP contribution in [-0.4, -0.2) is 22.9 Å². The van der Waals surface area contributed by atoms with Crippen LogP contribution in [0.15, 0.2) is 55.0 Å². The predicted molar refractivity (Wildman–Crippen MR) is 83.5 cm³/mol. The molecule has 2 heterocycles. The van der Waals surface area contributed by atoms with Crippen molar-refractivity contribution < 1.29 is 4.79 Å². The number of pyridine rings is 2. The average molecular weight is 278 g/mol. The molecule has 0 fully saturated rings. The van der Waals surface area contributed by atoms with Crippen molar-refractivity contribution in [1.29, 1.82) is 0 Å². The number of rotatable bonds is 3. The largest absolute Gasteiger partial charge is 0.387 e. The molecule has 0 unspecified atom stereocenters. The highest BCUT2D eigenvalue weighted by molar-refractivity contribution is 6.08. The number of hydrogen-bond donors (Lipinski definition) is 2. The van der Waals surface area contributed by atoms with E-state index >= 15 is 0 Å². The Labute approximate surface area is 122 Å². The van der Waals surface area contributed by atoms with Gasteiger partial charge in [-0.15, -0.1) is 0 Å². The predicted octanol–water partition coefficient (Wildman–Crippen LogP) is 2.92. The van der Waals surface area contributed by atoms with Crippen LogP contribution in [0.5, 0.6) is 0 Å². The first-order chi connectivity index (χ1) is 10.3. The first-order valence-electron chi connectivity index (χ1n) is 6.56. The Morgan fingerprint density at radius 1 is 1.10 bits per heavy atom. The van der Waals surface area contributed by atoms with Crippen molar-refractivity contribution in [3.63, 3.8) is 0 Å². The summed E-state index contributed by atoms with van der Waals surface area (Å²) in [7, 11) is 1.81. The SMILES string of the molecule is CNc1ccc(C(=O)Nc2cccc3cnccc23)nc1. The van der Waals surface area contributed by atoms with Gasteiger partial charge in [0.05, 0.1) is 11.9 Å². The second-order valence-corrected chi connectivity index (χ2v) is 4.54. The quantitative estimate of drug-likeness (QED) is 0.773. The molecule has 3 rings (SSSR count). The summed E-state index contributed by atoms with van der Waals surface area (Å²) in [6.07, 6.45) is 5.10. The van der Waals surface area contributed by atoms with Gasteiger partial charge in [-0.2, -0.15) is 0 Å². The van der Waals surface area contributed by atoms with Gasteiger partial charge in [0.1, 0.15) is 5.69 Å². The number of hydrogen-bond acceptors (Lipinski definition) is 4. The molecule has 1 amide bonds. The topological polar surface area (TPSA) is 66.9 Å². The van der Waals surface area contributed by atoms with Gasteiger partial charge in [0.25, 0.3) is 5.91 Å². The van der Waals surface area contributed by atoms with E-state index in [0.717, 1.165) is 22.1 Å². The lowest BCUT2D eigenvalue weighted by Gasteiger charge is -2.08. The number of nitrogens with zero attached hydrogens (tertiary/aromatic N) is 2. The van der Waals surface area contributed by atoms with Gasteiger partial charge in [-0.25, -0.2) is 4.98 Å². The molecule has 0 saturated heterocycles. The Balaban J connectivity index is 1.89. The second kappa shape index (κ2) is 5.58. The van der Waals surface area contributed by atoms with E-state index in [4.69, 9.17) is 0 Å². The summed E-state index contributed by atoms with van der Waals surface area (Å²) in [5.74, 6) is -0.234. The van der Waals surface area contributed by atoms with Crippen molar-refractivity contribution in [2.45, 2.75) is 0 Å². The molecule has 0 aliphatic heterocycles. The van der Waals surface area contributed by atoms with Crippen molar-refractivity contribution in [2.75, 3.05) is 17.7 Å². The molecule has 0 spiro atoms. The monoisotopic (exact) mass is 278 g/mol. The summed E-state index contributed by atoms with van der Waals surface area (Å²) in [5, 5.41) is 7.79. The van der Waals surface area contributed by atoms with Crippen LogP contribution in [0.3, 0.4) is 0 Å². The Hall–Kier alpha value is -2.95. The van der Waals surface area contributed by atoms with E-state index in [1.165, 1.54) is 0 Å². The lowest BCUT2D eigenvalue weighted by Crippen LogP contribution is -2.13. The van der Waals surface area contributed by atoms with Gasteiger partial charge in [-0.3, -0.25) is 9.78 Å². The standard InChI is InChI=1S/C16H14N4O/c1-17-12-5-6-15(19-10-12)16(21)20-14-4-2-3-11-9-18-8-7-13(11)14/h2-10,17H,1H3,(H,20,21). The fourth-order valence-electron chi connectivity index (χ4n) is 2.09. The van der Waals surface area contributed by atoms with Crippen molar-refractivity contribution >= 4 is 28.1 Å². The summed E-state index contributed by atoms with van der Waals surface area (Å²) in [6, 6.07) is 11.1. The van der Waals surface area contributed by atoms with Crippen molar-refractivity contribution in [2.24, 2.45) is 0 Å². The molecular formula is C16H14N4O. The summed E-state index contributed by atoms with van der Waals surface area (Å²) >= 11 is 0. The molecule has 0 aliphatic rings. The minimum absolute atomic E-state index is 0.234. The normalized spacial score (nSPS) is 10.3. The minimum Gasteiger partial charge on any atom is -0.387 e. The van der Waals surface area contributed by atoms with E-state index in [2.05, 4.69) is 20.6 Å². The molecule has 3 aromatic rings. The maximum absolute atomic E-state index is 12.2. The Morgan fingerprint density at radius 3 is 2.76 bits per heavy atom. The zero-order valence-corrected chi connectivity index (χ0v) is 11.5. The third kappa shape index (κ3) is 2.67. The van der Waals surface area contributed by atoms with Crippen LogP contribution in [0.25, 0.3) is 10.8 Å². The van der Waals surface area contributed by atoms with E-state index in [-0.39, 0.29) is 5.91 Å². The van der Waals surface area contributed by atoms with Crippen LogP contribution in [0.1, 0.15) is 10.5 Å². The zero-order valence-electron chi connectivity index (χ0n) is 11.5. The fourth-order valence-corrected chi connectivity index (χ4v) is 2.09. The number of fused-ring (bicyclic) bond motifs is 1. The molecule has 0 bridgehead atoms. The van der Waals surface area contributed by atoms with Crippen LogP contribution < -0.4 is 10.6 Å². The average Bonchev–Trinajstić information content (AvgIpc) is 2.55. The molecule has 0 aliphatic carbocycles.